The van der Waals surface area contributed by atoms with Gasteiger partial charge >= 0.3 is 5.97 Å². The van der Waals surface area contributed by atoms with Crippen molar-refractivity contribution in [2.75, 3.05) is 13.1 Å². The number of carbonyl (C=O) groups excluding carboxylic acids is 1. The summed E-state index contributed by atoms with van der Waals surface area (Å²) in [6.07, 6.45) is 2.58. The van der Waals surface area contributed by atoms with Gasteiger partial charge in [-0.25, -0.2) is 0 Å². The van der Waals surface area contributed by atoms with Crippen LogP contribution in [0.1, 0.15) is 35.2 Å². The fraction of sp³-hybridized carbons (Fsp3) is 0.500. The van der Waals surface area contributed by atoms with Gasteiger partial charge in [-0.05, 0) is 37.8 Å². The van der Waals surface area contributed by atoms with Crippen LogP contribution in [0.25, 0.3) is 0 Å². The molecule has 4 nitrogen and oxygen atoms in total. The average Bonchev–Trinajstić information content (AvgIpc) is 2.96. The minimum atomic E-state index is -0.737. The van der Waals surface area contributed by atoms with Crippen LogP contribution in [0, 0.1) is 18.3 Å². The monoisotopic (exact) mass is 273 g/mol. The van der Waals surface area contributed by atoms with Crippen LogP contribution in [-0.4, -0.2) is 35.0 Å². The number of aliphatic carboxylic acids is 1. The number of hydrogen-bond donors (Lipinski definition) is 1. The summed E-state index contributed by atoms with van der Waals surface area (Å²) in [5.41, 5.74) is 1.07. The molecule has 3 rings (SSSR count). The molecule has 1 amide bonds. The predicted molar refractivity (Wildman–Crippen MR) is 74.5 cm³/mol. The van der Waals surface area contributed by atoms with Crippen molar-refractivity contribution in [1.82, 2.24) is 4.90 Å². The number of amides is 1. The van der Waals surface area contributed by atoms with E-state index in [1.165, 1.54) is 0 Å². The van der Waals surface area contributed by atoms with Crippen LogP contribution in [0.3, 0.4) is 0 Å². The van der Waals surface area contributed by atoms with Gasteiger partial charge in [-0.2, -0.15) is 0 Å². The van der Waals surface area contributed by atoms with Crippen LogP contribution in [0.4, 0.5) is 0 Å². The highest BCUT2D eigenvalue weighted by atomic mass is 16.4. The highest BCUT2D eigenvalue weighted by molar-refractivity contribution is 5.95. The average molecular weight is 273 g/mol. The van der Waals surface area contributed by atoms with Gasteiger partial charge in [-0.15, -0.1) is 0 Å². The largest absolute Gasteiger partial charge is 0.481 e. The maximum Gasteiger partial charge on any atom is 0.311 e. The van der Waals surface area contributed by atoms with E-state index in [-0.39, 0.29) is 11.8 Å². The molecule has 106 valence electrons. The van der Waals surface area contributed by atoms with Crippen molar-refractivity contribution in [1.29, 1.82) is 0 Å². The molecule has 1 saturated heterocycles. The Balaban J connectivity index is 1.82. The van der Waals surface area contributed by atoms with E-state index < -0.39 is 11.4 Å². The van der Waals surface area contributed by atoms with Gasteiger partial charge in [-0.3, -0.25) is 9.59 Å². The lowest BCUT2D eigenvalue weighted by atomic mass is 9.81. The lowest BCUT2D eigenvalue weighted by Gasteiger charge is -2.23. The number of benzene rings is 1. The number of carbonyl (C=O) groups is 2. The van der Waals surface area contributed by atoms with Crippen LogP contribution < -0.4 is 0 Å². The minimum absolute atomic E-state index is 0.0416. The highest BCUT2D eigenvalue weighted by Crippen LogP contribution is 2.49. The van der Waals surface area contributed by atoms with E-state index >= 15 is 0 Å². The first-order valence-electron chi connectivity index (χ1n) is 7.12. The zero-order valence-corrected chi connectivity index (χ0v) is 11.6. The molecule has 2 aliphatic rings. The maximum atomic E-state index is 12.5. The SMILES string of the molecule is Cc1ccc(C(=O)N2C[C@@H]3CCC[C@@]3(C(=O)O)C2)cc1. The van der Waals surface area contributed by atoms with E-state index in [0.717, 1.165) is 18.4 Å². The number of nitrogens with zero attached hydrogens (tertiary/aromatic N) is 1. The van der Waals surface area contributed by atoms with E-state index in [1.807, 2.05) is 31.2 Å². The molecule has 1 aliphatic carbocycles. The van der Waals surface area contributed by atoms with Crippen molar-refractivity contribution in [2.45, 2.75) is 26.2 Å². The van der Waals surface area contributed by atoms with Crippen LogP contribution in [0.5, 0.6) is 0 Å². The number of fused-ring (bicyclic) bond motifs is 1. The molecule has 1 N–H and O–H groups in total. The summed E-state index contributed by atoms with van der Waals surface area (Å²) in [5.74, 6) is -0.659. The minimum Gasteiger partial charge on any atom is -0.481 e. The summed E-state index contributed by atoms with van der Waals surface area (Å²) < 4.78 is 0. The van der Waals surface area contributed by atoms with Gasteiger partial charge in [0.2, 0.25) is 0 Å². The van der Waals surface area contributed by atoms with E-state index in [4.69, 9.17) is 0 Å². The molecule has 1 aliphatic heterocycles. The number of hydrogen-bond acceptors (Lipinski definition) is 2. The molecule has 1 aromatic carbocycles. The lowest BCUT2D eigenvalue weighted by Crippen LogP contribution is -2.37. The first kappa shape index (κ1) is 13.2. The second kappa shape index (κ2) is 4.62. The molecule has 0 bridgehead atoms. The summed E-state index contributed by atoms with van der Waals surface area (Å²) in [6.45, 7) is 2.92. The van der Waals surface area contributed by atoms with Gasteiger partial charge in [0.05, 0.1) is 5.41 Å². The Labute approximate surface area is 118 Å². The number of rotatable bonds is 2. The predicted octanol–water partition coefficient (Wildman–Crippen LogP) is 2.32. The fourth-order valence-electron chi connectivity index (χ4n) is 3.67. The van der Waals surface area contributed by atoms with Crippen LogP contribution >= 0.6 is 0 Å². The lowest BCUT2D eigenvalue weighted by molar-refractivity contribution is -0.149. The molecular formula is C16H19NO3. The molecule has 0 spiro atoms. The Bertz CT molecular complexity index is 551. The molecule has 0 aromatic heterocycles. The van der Waals surface area contributed by atoms with Gasteiger partial charge in [0.1, 0.15) is 0 Å². The van der Waals surface area contributed by atoms with Crippen molar-refractivity contribution >= 4 is 11.9 Å². The number of carboxylic acid groups (broad SMARTS) is 1. The first-order valence-corrected chi connectivity index (χ1v) is 7.12. The smallest absolute Gasteiger partial charge is 0.311 e. The van der Waals surface area contributed by atoms with Crippen molar-refractivity contribution in [3.05, 3.63) is 35.4 Å². The summed E-state index contributed by atoms with van der Waals surface area (Å²) >= 11 is 0. The molecule has 2 fully saturated rings. The standard InChI is InChI=1S/C16H19NO3/c1-11-4-6-12(7-5-11)14(18)17-9-13-3-2-8-16(13,10-17)15(19)20/h4-7,13H,2-3,8-10H2,1H3,(H,19,20)/t13-,16+/m0/s1. The van der Waals surface area contributed by atoms with Gasteiger partial charge in [-0.1, -0.05) is 24.1 Å². The van der Waals surface area contributed by atoms with Gasteiger partial charge in [0, 0.05) is 18.7 Å². The third-order valence-corrected chi connectivity index (χ3v) is 4.88. The molecule has 1 aromatic rings. The van der Waals surface area contributed by atoms with E-state index in [0.29, 0.717) is 25.1 Å². The Kier molecular flexibility index (Phi) is 3.04. The quantitative estimate of drug-likeness (QED) is 0.899. The second-order valence-electron chi connectivity index (χ2n) is 6.10. The third kappa shape index (κ3) is 1.90. The normalized spacial score (nSPS) is 28.4. The molecule has 4 heteroatoms. The molecule has 0 radical (unpaired) electrons. The van der Waals surface area contributed by atoms with Gasteiger partial charge < -0.3 is 10.0 Å². The maximum absolute atomic E-state index is 12.5. The van der Waals surface area contributed by atoms with Gasteiger partial charge in [0.25, 0.3) is 5.91 Å². The van der Waals surface area contributed by atoms with Crippen molar-refractivity contribution in [2.24, 2.45) is 11.3 Å². The van der Waals surface area contributed by atoms with Crippen LogP contribution in [0.15, 0.2) is 24.3 Å². The Hall–Kier alpha value is -1.84. The third-order valence-electron chi connectivity index (χ3n) is 4.88. The van der Waals surface area contributed by atoms with Crippen LogP contribution in [0.2, 0.25) is 0 Å². The summed E-state index contributed by atoms with van der Waals surface area (Å²) in [4.78, 5) is 25.8. The molecule has 1 saturated carbocycles. The Morgan fingerprint density at radius 1 is 1.30 bits per heavy atom. The Morgan fingerprint density at radius 2 is 2.00 bits per heavy atom. The van der Waals surface area contributed by atoms with Gasteiger partial charge in [0.15, 0.2) is 0 Å². The second-order valence-corrected chi connectivity index (χ2v) is 6.10. The number of aryl methyl sites for hydroxylation is 1. The fourth-order valence-corrected chi connectivity index (χ4v) is 3.67. The summed E-state index contributed by atoms with van der Waals surface area (Å²) in [5, 5.41) is 9.54. The van der Waals surface area contributed by atoms with Crippen LogP contribution in [-0.2, 0) is 4.79 Å². The van der Waals surface area contributed by atoms with E-state index in [2.05, 4.69) is 0 Å². The van der Waals surface area contributed by atoms with E-state index in [1.54, 1.807) is 4.90 Å². The summed E-state index contributed by atoms with van der Waals surface area (Å²) in [6, 6.07) is 7.46. The molecule has 20 heavy (non-hydrogen) atoms. The molecular weight excluding hydrogens is 254 g/mol. The Morgan fingerprint density at radius 3 is 2.60 bits per heavy atom. The van der Waals surface area contributed by atoms with Crippen molar-refractivity contribution in [3.8, 4) is 0 Å². The zero-order chi connectivity index (χ0) is 14.3. The zero-order valence-electron chi connectivity index (χ0n) is 11.6. The molecule has 2 atom stereocenters. The van der Waals surface area contributed by atoms with E-state index in [9.17, 15) is 14.7 Å². The number of carboxylic acids is 1. The number of likely N-dealkylation sites (tertiary alicyclic amines) is 1. The van der Waals surface area contributed by atoms with Crippen molar-refractivity contribution in [3.63, 3.8) is 0 Å². The highest BCUT2D eigenvalue weighted by Gasteiger charge is 2.55. The molecule has 1 heterocycles. The van der Waals surface area contributed by atoms with Crippen molar-refractivity contribution < 1.29 is 14.7 Å². The molecule has 0 unspecified atom stereocenters. The summed E-state index contributed by atoms with van der Waals surface area (Å²) in [7, 11) is 0. The topological polar surface area (TPSA) is 57.6 Å². The first-order chi connectivity index (χ1) is 9.53.